The minimum Gasteiger partial charge on any atom is -0.324 e. The molecule has 2 aromatic rings. The molecule has 0 aliphatic carbocycles. The zero-order chi connectivity index (χ0) is 14.5. The van der Waals surface area contributed by atoms with E-state index in [2.05, 4.69) is 47.5 Å². The van der Waals surface area contributed by atoms with Crippen LogP contribution in [0.4, 0.5) is 0 Å². The molecule has 5 heteroatoms. The van der Waals surface area contributed by atoms with Crippen LogP contribution in [-0.4, -0.2) is 21.1 Å². The zero-order valence-electron chi connectivity index (χ0n) is 12.8. The van der Waals surface area contributed by atoms with Crippen LogP contribution >= 0.6 is 11.3 Å². The second kappa shape index (κ2) is 6.99. The lowest BCUT2D eigenvalue weighted by molar-refractivity contribution is 0.524. The molecule has 20 heavy (non-hydrogen) atoms. The van der Waals surface area contributed by atoms with Gasteiger partial charge in [0.05, 0.1) is 18.1 Å². The number of thiazole rings is 1. The summed E-state index contributed by atoms with van der Waals surface area (Å²) in [4.78, 5) is 10.2. The number of nitrogens with zero attached hydrogens (tertiary/aromatic N) is 3. The molecular formula is C15H24N4S. The summed E-state index contributed by atoms with van der Waals surface area (Å²) in [6, 6.07) is 0.249. The van der Waals surface area contributed by atoms with Crippen LogP contribution in [0.3, 0.4) is 0 Å². The Bertz CT molecular complexity index is 529. The minimum absolute atomic E-state index is 0.249. The Morgan fingerprint density at radius 1 is 1.30 bits per heavy atom. The van der Waals surface area contributed by atoms with Gasteiger partial charge in [0, 0.05) is 23.8 Å². The van der Waals surface area contributed by atoms with E-state index < -0.39 is 0 Å². The number of aromatic nitrogens is 3. The summed E-state index contributed by atoms with van der Waals surface area (Å²) in [6.07, 6.45) is 6.89. The van der Waals surface area contributed by atoms with Gasteiger partial charge in [-0.05, 0) is 25.8 Å². The van der Waals surface area contributed by atoms with E-state index in [9.17, 15) is 0 Å². The minimum atomic E-state index is 0.249. The largest absolute Gasteiger partial charge is 0.324 e. The van der Waals surface area contributed by atoms with Gasteiger partial charge in [0.25, 0.3) is 0 Å². The average molecular weight is 292 g/mol. The molecule has 0 amide bonds. The third-order valence-electron chi connectivity index (χ3n) is 3.30. The summed E-state index contributed by atoms with van der Waals surface area (Å²) in [5.74, 6) is 0.662. The van der Waals surface area contributed by atoms with Crippen molar-refractivity contribution in [3.8, 4) is 0 Å². The smallest absolute Gasteiger partial charge is 0.115 e. The molecule has 110 valence electrons. The lowest BCUT2D eigenvalue weighted by atomic mass is 10.2. The van der Waals surface area contributed by atoms with E-state index in [1.807, 2.05) is 18.7 Å². The summed E-state index contributed by atoms with van der Waals surface area (Å²) >= 11 is 1.80. The number of hydrogen-bond donors (Lipinski definition) is 1. The predicted octanol–water partition coefficient (Wildman–Crippen LogP) is 3.26. The first-order valence-corrected chi connectivity index (χ1v) is 8.09. The second-order valence-corrected chi connectivity index (χ2v) is 6.66. The molecule has 0 aromatic carbocycles. The van der Waals surface area contributed by atoms with E-state index in [1.165, 1.54) is 10.6 Å². The molecule has 1 N–H and O–H groups in total. The second-order valence-electron chi connectivity index (χ2n) is 5.51. The fourth-order valence-electron chi connectivity index (χ4n) is 2.10. The summed E-state index contributed by atoms with van der Waals surface area (Å²) < 4.78 is 2.21. The Balaban J connectivity index is 2.06. The van der Waals surface area contributed by atoms with Gasteiger partial charge in [0.15, 0.2) is 0 Å². The van der Waals surface area contributed by atoms with Crippen molar-refractivity contribution in [1.29, 1.82) is 0 Å². The highest BCUT2D eigenvalue weighted by Crippen LogP contribution is 2.24. The standard InChI is InChI=1S/C15H24N4S/c1-5-14-9-18-15(20-14)12(4)19-10-17-8-13(19)7-16-6-11(2)3/h8-12,16H,5-7H2,1-4H3. The van der Waals surface area contributed by atoms with Gasteiger partial charge < -0.3 is 9.88 Å². The van der Waals surface area contributed by atoms with Gasteiger partial charge in [-0.2, -0.15) is 0 Å². The van der Waals surface area contributed by atoms with Crippen LogP contribution in [0, 0.1) is 5.92 Å². The van der Waals surface area contributed by atoms with Crippen LogP contribution in [-0.2, 0) is 13.0 Å². The Labute approximate surface area is 125 Å². The molecular weight excluding hydrogens is 268 g/mol. The quantitative estimate of drug-likeness (QED) is 0.852. The number of imidazole rings is 1. The van der Waals surface area contributed by atoms with E-state index in [0.717, 1.165) is 24.5 Å². The number of aryl methyl sites for hydroxylation is 1. The van der Waals surface area contributed by atoms with Crippen LogP contribution in [0.15, 0.2) is 18.7 Å². The zero-order valence-corrected chi connectivity index (χ0v) is 13.6. The molecule has 1 unspecified atom stereocenters. The molecule has 0 aliphatic heterocycles. The number of rotatable bonds is 7. The first-order chi connectivity index (χ1) is 9.61. The molecule has 2 aromatic heterocycles. The molecule has 2 rings (SSSR count). The van der Waals surface area contributed by atoms with E-state index in [-0.39, 0.29) is 6.04 Å². The highest BCUT2D eigenvalue weighted by atomic mass is 32.1. The van der Waals surface area contributed by atoms with Crippen LogP contribution in [0.2, 0.25) is 0 Å². The summed E-state index contributed by atoms with van der Waals surface area (Å²) in [7, 11) is 0. The van der Waals surface area contributed by atoms with Crippen molar-refractivity contribution in [1.82, 2.24) is 19.9 Å². The highest BCUT2D eigenvalue weighted by Gasteiger charge is 2.15. The average Bonchev–Trinajstić information content (AvgIpc) is 3.06. The van der Waals surface area contributed by atoms with Gasteiger partial charge in [0.1, 0.15) is 5.01 Å². The van der Waals surface area contributed by atoms with Crippen LogP contribution in [0.1, 0.15) is 49.3 Å². The monoisotopic (exact) mass is 292 g/mol. The fraction of sp³-hybridized carbons (Fsp3) is 0.600. The highest BCUT2D eigenvalue weighted by molar-refractivity contribution is 7.11. The lowest BCUT2D eigenvalue weighted by Gasteiger charge is -2.15. The number of nitrogens with one attached hydrogen (secondary N) is 1. The molecule has 2 heterocycles. The van der Waals surface area contributed by atoms with Crippen LogP contribution < -0.4 is 5.32 Å². The van der Waals surface area contributed by atoms with E-state index in [0.29, 0.717) is 5.92 Å². The molecule has 0 fully saturated rings. The topological polar surface area (TPSA) is 42.7 Å². The van der Waals surface area contributed by atoms with Crippen molar-refractivity contribution in [2.75, 3.05) is 6.54 Å². The van der Waals surface area contributed by atoms with Gasteiger partial charge in [-0.15, -0.1) is 11.3 Å². The van der Waals surface area contributed by atoms with E-state index >= 15 is 0 Å². The van der Waals surface area contributed by atoms with Crippen LogP contribution in [0.25, 0.3) is 0 Å². The molecule has 4 nitrogen and oxygen atoms in total. The Morgan fingerprint density at radius 3 is 2.75 bits per heavy atom. The van der Waals surface area contributed by atoms with Gasteiger partial charge in [-0.1, -0.05) is 20.8 Å². The maximum atomic E-state index is 4.54. The van der Waals surface area contributed by atoms with Crippen molar-refractivity contribution < 1.29 is 0 Å². The maximum absolute atomic E-state index is 4.54. The third-order valence-corrected chi connectivity index (χ3v) is 4.61. The molecule has 0 saturated carbocycles. The predicted molar refractivity (Wildman–Crippen MR) is 84.1 cm³/mol. The van der Waals surface area contributed by atoms with Crippen molar-refractivity contribution in [2.24, 2.45) is 5.92 Å². The molecule has 0 saturated heterocycles. The fourth-order valence-corrected chi connectivity index (χ4v) is 3.01. The van der Waals surface area contributed by atoms with Crippen molar-refractivity contribution in [3.63, 3.8) is 0 Å². The van der Waals surface area contributed by atoms with Gasteiger partial charge >= 0.3 is 0 Å². The molecule has 0 spiro atoms. The van der Waals surface area contributed by atoms with Gasteiger partial charge in [-0.25, -0.2) is 9.97 Å². The van der Waals surface area contributed by atoms with Gasteiger partial charge in [-0.3, -0.25) is 0 Å². The summed E-state index contributed by atoms with van der Waals surface area (Å²) in [5, 5.41) is 4.63. The first-order valence-electron chi connectivity index (χ1n) is 7.27. The van der Waals surface area contributed by atoms with Gasteiger partial charge in [0.2, 0.25) is 0 Å². The van der Waals surface area contributed by atoms with Crippen LogP contribution in [0.5, 0.6) is 0 Å². The van der Waals surface area contributed by atoms with Crippen molar-refractivity contribution in [2.45, 2.75) is 46.7 Å². The van der Waals surface area contributed by atoms with E-state index in [1.54, 1.807) is 11.3 Å². The Kier molecular flexibility index (Phi) is 5.31. The normalized spacial score (nSPS) is 13.1. The SMILES string of the molecule is CCc1cnc(C(C)n2cncc2CNCC(C)C)s1. The summed E-state index contributed by atoms with van der Waals surface area (Å²) in [5.41, 5.74) is 1.21. The maximum Gasteiger partial charge on any atom is 0.115 e. The number of hydrogen-bond acceptors (Lipinski definition) is 4. The molecule has 1 atom stereocenters. The first kappa shape index (κ1) is 15.2. The lowest BCUT2D eigenvalue weighted by Crippen LogP contribution is -2.21. The summed E-state index contributed by atoms with van der Waals surface area (Å²) in [6.45, 7) is 10.7. The Morgan fingerprint density at radius 2 is 2.10 bits per heavy atom. The Hall–Kier alpha value is -1.20. The van der Waals surface area contributed by atoms with Crippen molar-refractivity contribution >= 4 is 11.3 Å². The molecule has 0 radical (unpaired) electrons. The third kappa shape index (κ3) is 3.67. The van der Waals surface area contributed by atoms with E-state index in [4.69, 9.17) is 0 Å². The molecule has 0 bridgehead atoms. The molecule has 0 aliphatic rings. The van der Waals surface area contributed by atoms with Crippen molar-refractivity contribution in [3.05, 3.63) is 34.3 Å².